The Bertz CT molecular complexity index is 932. The average Bonchev–Trinajstić information content (AvgIpc) is 2.71. The largest absolute Gasteiger partial charge is 0.497 e. The van der Waals surface area contributed by atoms with Crippen LogP contribution in [-0.2, 0) is 9.53 Å². The lowest BCUT2D eigenvalue weighted by Gasteiger charge is -2.22. The lowest BCUT2D eigenvalue weighted by molar-refractivity contribution is -0.136. The molecule has 0 amide bonds. The van der Waals surface area contributed by atoms with E-state index in [-0.39, 0.29) is 0 Å². The summed E-state index contributed by atoms with van der Waals surface area (Å²) >= 11 is 0. The molecule has 3 rings (SSSR count). The number of esters is 1. The van der Waals surface area contributed by atoms with Gasteiger partial charge in [0.1, 0.15) is 5.75 Å². The molecular formula is C22H21NO3. The number of rotatable bonds is 6. The number of methoxy groups -OCH3 is 2. The quantitative estimate of drug-likeness (QED) is 0.517. The monoisotopic (exact) mass is 347 g/mol. The minimum Gasteiger partial charge on any atom is -0.497 e. The fourth-order valence-electron chi connectivity index (χ4n) is 2.86. The summed E-state index contributed by atoms with van der Waals surface area (Å²) in [7, 11) is 2.98. The Balaban J connectivity index is 1.98. The van der Waals surface area contributed by atoms with Crippen LogP contribution in [0.1, 0.15) is 11.6 Å². The van der Waals surface area contributed by atoms with Crippen LogP contribution in [0.3, 0.4) is 0 Å². The molecular weight excluding hydrogens is 326 g/mol. The molecule has 3 aromatic rings. The normalized spacial score (nSPS) is 11.6. The molecule has 1 N–H and O–H groups in total. The third-order valence-electron chi connectivity index (χ3n) is 4.30. The van der Waals surface area contributed by atoms with Gasteiger partial charge >= 0.3 is 5.97 Å². The summed E-state index contributed by atoms with van der Waals surface area (Å²) in [4.78, 5) is 12.1. The van der Waals surface area contributed by atoms with Gasteiger partial charge in [-0.2, -0.15) is 0 Å². The third kappa shape index (κ3) is 3.70. The SMILES string of the molecule is C=C(C(=O)OC)C(Nc1ccc(OC)cc1)c1ccc2ccccc2c1. The Kier molecular flexibility index (Phi) is 5.23. The van der Waals surface area contributed by atoms with E-state index < -0.39 is 12.0 Å². The van der Waals surface area contributed by atoms with Gasteiger partial charge in [-0.25, -0.2) is 4.79 Å². The van der Waals surface area contributed by atoms with Crippen LogP contribution in [0.2, 0.25) is 0 Å². The zero-order chi connectivity index (χ0) is 18.5. The highest BCUT2D eigenvalue weighted by atomic mass is 16.5. The molecule has 1 atom stereocenters. The van der Waals surface area contributed by atoms with E-state index in [9.17, 15) is 4.79 Å². The zero-order valence-corrected chi connectivity index (χ0v) is 14.9. The predicted octanol–water partition coefficient (Wildman–Crippen LogP) is 4.73. The highest BCUT2D eigenvalue weighted by molar-refractivity contribution is 5.91. The van der Waals surface area contributed by atoms with Gasteiger partial charge in [-0.3, -0.25) is 0 Å². The van der Waals surface area contributed by atoms with Gasteiger partial charge in [0.25, 0.3) is 0 Å². The molecule has 4 heteroatoms. The molecule has 0 aromatic heterocycles. The standard InChI is InChI=1S/C22H21NO3/c1-15(22(24)26-3)21(23-19-10-12-20(25-2)13-11-19)18-9-8-16-6-4-5-7-17(16)14-18/h4-14,21,23H,1H2,2-3H3. The minimum atomic E-state index is -0.441. The molecule has 132 valence electrons. The molecule has 1 unspecified atom stereocenters. The molecule has 0 bridgehead atoms. The topological polar surface area (TPSA) is 47.6 Å². The highest BCUT2D eigenvalue weighted by Crippen LogP contribution is 2.29. The third-order valence-corrected chi connectivity index (χ3v) is 4.30. The van der Waals surface area contributed by atoms with Gasteiger partial charge in [0.05, 0.1) is 25.8 Å². The molecule has 26 heavy (non-hydrogen) atoms. The van der Waals surface area contributed by atoms with Gasteiger partial charge in [-0.05, 0) is 46.7 Å². The van der Waals surface area contributed by atoms with Crippen LogP contribution in [0.15, 0.2) is 78.9 Å². The number of carbonyl (C=O) groups excluding carboxylic acids is 1. The van der Waals surface area contributed by atoms with Crippen molar-refractivity contribution in [2.45, 2.75) is 6.04 Å². The molecule has 0 radical (unpaired) electrons. The Labute approximate surface area is 153 Å². The average molecular weight is 347 g/mol. The molecule has 3 aromatic carbocycles. The zero-order valence-electron chi connectivity index (χ0n) is 14.9. The van der Waals surface area contributed by atoms with Crippen LogP contribution in [0.4, 0.5) is 5.69 Å². The van der Waals surface area contributed by atoms with E-state index >= 15 is 0 Å². The van der Waals surface area contributed by atoms with Gasteiger partial charge in [-0.15, -0.1) is 0 Å². The first-order chi connectivity index (χ1) is 12.6. The predicted molar refractivity (Wildman–Crippen MR) is 104 cm³/mol. The number of nitrogens with one attached hydrogen (secondary N) is 1. The number of fused-ring (bicyclic) bond motifs is 1. The fraction of sp³-hybridized carbons (Fsp3) is 0.136. The van der Waals surface area contributed by atoms with Crippen molar-refractivity contribution in [3.05, 3.63) is 84.4 Å². The first-order valence-electron chi connectivity index (χ1n) is 8.29. The molecule has 4 nitrogen and oxygen atoms in total. The lowest BCUT2D eigenvalue weighted by atomic mass is 9.96. The number of anilines is 1. The van der Waals surface area contributed by atoms with Crippen LogP contribution in [0, 0.1) is 0 Å². The van der Waals surface area contributed by atoms with E-state index in [1.54, 1.807) is 7.11 Å². The first-order valence-corrected chi connectivity index (χ1v) is 8.29. The maximum Gasteiger partial charge on any atom is 0.335 e. The Morgan fingerprint density at radius 2 is 1.65 bits per heavy atom. The van der Waals surface area contributed by atoms with Gasteiger partial charge in [-0.1, -0.05) is 43.0 Å². The fourth-order valence-corrected chi connectivity index (χ4v) is 2.86. The Morgan fingerprint density at radius 3 is 2.31 bits per heavy atom. The second-order valence-electron chi connectivity index (χ2n) is 5.93. The molecule has 0 fully saturated rings. The maximum absolute atomic E-state index is 12.1. The van der Waals surface area contributed by atoms with Crippen LogP contribution in [0.5, 0.6) is 5.75 Å². The van der Waals surface area contributed by atoms with Gasteiger partial charge < -0.3 is 14.8 Å². The molecule has 0 saturated heterocycles. The van der Waals surface area contributed by atoms with E-state index in [1.807, 2.05) is 54.6 Å². The molecule has 0 aliphatic rings. The van der Waals surface area contributed by atoms with Crippen molar-refractivity contribution in [2.24, 2.45) is 0 Å². The summed E-state index contributed by atoms with van der Waals surface area (Å²) in [6.45, 7) is 3.95. The smallest absolute Gasteiger partial charge is 0.335 e. The van der Waals surface area contributed by atoms with Crippen LogP contribution < -0.4 is 10.1 Å². The molecule has 0 aliphatic heterocycles. The van der Waals surface area contributed by atoms with Gasteiger partial charge in [0, 0.05) is 5.69 Å². The number of ether oxygens (including phenoxy) is 2. The molecule has 0 heterocycles. The summed E-state index contributed by atoms with van der Waals surface area (Å²) < 4.78 is 10.1. The minimum absolute atomic E-state index is 0.346. The maximum atomic E-state index is 12.1. The van der Waals surface area contributed by atoms with Crippen molar-refractivity contribution < 1.29 is 14.3 Å². The highest BCUT2D eigenvalue weighted by Gasteiger charge is 2.22. The van der Waals surface area contributed by atoms with E-state index in [2.05, 4.69) is 24.0 Å². The van der Waals surface area contributed by atoms with Gasteiger partial charge in [0.15, 0.2) is 0 Å². The summed E-state index contributed by atoms with van der Waals surface area (Å²) in [6.07, 6.45) is 0. The number of carbonyl (C=O) groups is 1. The summed E-state index contributed by atoms with van der Waals surface area (Å²) in [6, 6.07) is 21.3. The second kappa shape index (κ2) is 7.74. The van der Waals surface area contributed by atoms with Crippen molar-refractivity contribution in [3.63, 3.8) is 0 Å². The van der Waals surface area contributed by atoms with Crippen LogP contribution >= 0.6 is 0 Å². The van der Waals surface area contributed by atoms with Crippen molar-refractivity contribution >= 4 is 22.4 Å². The summed E-state index contributed by atoms with van der Waals surface area (Å²) in [5.41, 5.74) is 2.14. The first kappa shape index (κ1) is 17.5. The van der Waals surface area contributed by atoms with Gasteiger partial charge in [0.2, 0.25) is 0 Å². The Morgan fingerprint density at radius 1 is 0.962 bits per heavy atom. The van der Waals surface area contributed by atoms with E-state index in [4.69, 9.17) is 9.47 Å². The number of benzene rings is 3. The molecule has 0 saturated carbocycles. The van der Waals surface area contributed by atoms with E-state index in [0.717, 1.165) is 27.8 Å². The van der Waals surface area contributed by atoms with Crippen LogP contribution in [0.25, 0.3) is 10.8 Å². The summed E-state index contributed by atoms with van der Waals surface area (Å²) in [5, 5.41) is 5.61. The molecule has 0 spiro atoms. The number of hydrogen-bond donors (Lipinski definition) is 1. The van der Waals surface area contributed by atoms with Crippen LogP contribution in [-0.4, -0.2) is 20.2 Å². The van der Waals surface area contributed by atoms with Crippen molar-refractivity contribution in [1.29, 1.82) is 0 Å². The number of hydrogen-bond acceptors (Lipinski definition) is 4. The lowest BCUT2D eigenvalue weighted by Crippen LogP contribution is -2.19. The summed E-state index contributed by atoms with van der Waals surface area (Å²) in [5.74, 6) is 0.328. The van der Waals surface area contributed by atoms with E-state index in [1.165, 1.54) is 7.11 Å². The Hall–Kier alpha value is -3.27. The van der Waals surface area contributed by atoms with Crippen molar-refractivity contribution in [3.8, 4) is 5.75 Å². The molecule has 0 aliphatic carbocycles. The van der Waals surface area contributed by atoms with Crippen molar-refractivity contribution in [2.75, 3.05) is 19.5 Å². The van der Waals surface area contributed by atoms with E-state index in [0.29, 0.717) is 5.57 Å². The van der Waals surface area contributed by atoms with Crippen molar-refractivity contribution in [1.82, 2.24) is 0 Å². The second-order valence-corrected chi connectivity index (χ2v) is 5.93.